The molecule has 0 saturated heterocycles. The molecule has 3 atom stereocenters. The van der Waals surface area contributed by atoms with Gasteiger partial charge in [0.2, 0.25) is 5.89 Å². The van der Waals surface area contributed by atoms with Crippen molar-refractivity contribution in [2.75, 3.05) is 13.7 Å². The molecule has 1 unspecified atom stereocenters. The Balaban J connectivity index is 1.18. The molecule has 1 aliphatic heterocycles. The number of aliphatic hydroxyl groups excluding tert-OH is 2. The highest BCUT2D eigenvalue weighted by Gasteiger charge is 2.44. The predicted octanol–water partition coefficient (Wildman–Crippen LogP) is 2.15. The Hall–Kier alpha value is -3.69. The highest BCUT2D eigenvalue weighted by atomic mass is 16.5. The largest absolute Gasteiger partial charge is 0.496 e. The van der Waals surface area contributed by atoms with Gasteiger partial charge in [-0.1, -0.05) is 42.5 Å². The Kier molecular flexibility index (Phi) is 7.25. The van der Waals surface area contributed by atoms with Crippen molar-refractivity contribution in [2.45, 2.75) is 50.5 Å². The van der Waals surface area contributed by atoms with Gasteiger partial charge in [0.05, 0.1) is 25.4 Å². The molecule has 3 N–H and O–H groups in total. The number of hydrogen-bond acceptors (Lipinski definition) is 7. The van der Waals surface area contributed by atoms with Crippen LogP contribution in [-0.2, 0) is 29.0 Å². The second-order valence-corrected chi connectivity index (χ2v) is 9.59. The monoisotopic (exact) mass is 505 g/mol. The number of para-hydroxylation sites is 1. The third kappa shape index (κ3) is 5.38. The summed E-state index contributed by atoms with van der Waals surface area (Å²) in [5.74, 6) is -0.190. The normalized spacial score (nSPS) is 18.6. The van der Waals surface area contributed by atoms with E-state index >= 15 is 0 Å². The van der Waals surface area contributed by atoms with Crippen molar-refractivity contribution in [1.82, 2.24) is 15.2 Å². The zero-order valence-corrected chi connectivity index (χ0v) is 20.7. The molecule has 37 heavy (non-hydrogen) atoms. The van der Waals surface area contributed by atoms with Crippen molar-refractivity contribution in [3.05, 3.63) is 83.1 Å². The molecule has 1 fully saturated rings. The topological polar surface area (TPSA) is 125 Å². The van der Waals surface area contributed by atoms with Crippen LogP contribution in [0.15, 0.2) is 59.2 Å². The Bertz CT molecular complexity index is 1270. The van der Waals surface area contributed by atoms with Gasteiger partial charge in [0.15, 0.2) is 12.2 Å². The number of oxazole rings is 1. The SMILES string of the molecule is COc1ccccc1Cc1coc(CNC(=O)[C@H](O)[C@@H](O)C(=O)N2CCc3ccccc3C2C2CC2)n1. The van der Waals surface area contributed by atoms with Crippen LogP contribution < -0.4 is 10.1 Å². The molecule has 2 aliphatic rings. The lowest BCUT2D eigenvalue weighted by Crippen LogP contribution is -2.53. The molecular weight excluding hydrogens is 474 g/mol. The summed E-state index contributed by atoms with van der Waals surface area (Å²) in [7, 11) is 1.60. The molecular formula is C28H31N3O6. The molecule has 1 aliphatic carbocycles. The van der Waals surface area contributed by atoms with Crippen molar-refractivity contribution < 1.29 is 29.0 Å². The fraction of sp³-hybridized carbons (Fsp3) is 0.393. The van der Waals surface area contributed by atoms with E-state index in [0.717, 1.165) is 29.7 Å². The molecule has 9 heteroatoms. The Morgan fingerprint density at radius 2 is 1.89 bits per heavy atom. The predicted molar refractivity (Wildman–Crippen MR) is 133 cm³/mol. The number of methoxy groups -OCH3 is 1. The maximum atomic E-state index is 13.2. The fourth-order valence-electron chi connectivity index (χ4n) is 5.04. The molecule has 2 aromatic carbocycles. The van der Waals surface area contributed by atoms with Crippen LogP contribution in [0.4, 0.5) is 0 Å². The first kappa shape index (κ1) is 25.0. The molecule has 1 saturated carbocycles. The third-order valence-electron chi connectivity index (χ3n) is 7.08. The summed E-state index contributed by atoms with van der Waals surface area (Å²) in [5.41, 5.74) is 3.88. The van der Waals surface area contributed by atoms with Crippen molar-refractivity contribution in [3.8, 4) is 5.75 Å². The highest BCUT2D eigenvalue weighted by Crippen LogP contribution is 2.47. The van der Waals surface area contributed by atoms with Gasteiger partial charge in [0.1, 0.15) is 12.0 Å². The third-order valence-corrected chi connectivity index (χ3v) is 7.08. The number of hydrogen-bond donors (Lipinski definition) is 3. The van der Waals surface area contributed by atoms with Crippen molar-refractivity contribution in [2.24, 2.45) is 5.92 Å². The van der Waals surface area contributed by atoms with Crippen LogP contribution >= 0.6 is 0 Å². The highest BCUT2D eigenvalue weighted by molar-refractivity contribution is 5.91. The molecule has 5 rings (SSSR count). The number of benzene rings is 2. The average molecular weight is 506 g/mol. The van der Waals surface area contributed by atoms with Gasteiger partial charge in [0, 0.05) is 18.5 Å². The second-order valence-electron chi connectivity index (χ2n) is 9.59. The van der Waals surface area contributed by atoms with E-state index in [9.17, 15) is 19.8 Å². The summed E-state index contributed by atoms with van der Waals surface area (Å²) in [6, 6.07) is 15.5. The molecule has 2 amide bonds. The zero-order valence-electron chi connectivity index (χ0n) is 20.7. The van der Waals surface area contributed by atoms with E-state index in [-0.39, 0.29) is 18.5 Å². The van der Waals surface area contributed by atoms with Crippen molar-refractivity contribution in [1.29, 1.82) is 0 Å². The van der Waals surface area contributed by atoms with Crippen LogP contribution in [0.1, 0.15) is 47.2 Å². The van der Waals surface area contributed by atoms with E-state index in [1.54, 1.807) is 12.0 Å². The van der Waals surface area contributed by atoms with Gasteiger partial charge in [-0.05, 0) is 42.4 Å². The van der Waals surface area contributed by atoms with Gasteiger partial charge >= 0.3 is 0 Å². The summed E-state index contributed by atoms with van der Waals surface area (Å²) < 4.78 is 10.8. The van der Waals surface area contributed by atoms with E-state index in [1.807, 2.05) is 42.5 Å². The molecule has 0 spiro atoms. The van der Waals surface area contributed by atoms with Crippen LogP contribution in [0.25, 0.3) is 0 Å². The van der Waals surface area contributed by atoms with Crippen molar-refractivity contribution >= 4 is 11.8 Å². The lowest BCUT2D eigenvalue weighted by molar-refractivity contribution is -0.155. The summed E-state index contributed by atoms with van der Waals surface area (Å²) in [6.07, 6.45) is 0.896. The first-order chi connectivity index (χ1) is 18.0. The van der Waals surface area contributed by atoms with Crippen LogP contribution in [-0.4, -0.2) is 57.8 Å². The Morgan fingerprint density at radius 3 is 2.68 bits per heavy atom. The number of aromatic nitrogens is 1. The molecule has 194 valence electrons. The molecule has 2 heterocycles. The first-order valence-corrected chi connectivity index (χ1v) is 12.5. The molecule has 0 radical (unpaired) electrons. The summed E-state index contributed by atoms with van der Waals surface area (Å²) in [5, 5.41) is 23.6. The van der Waals surface area contributed by atoms with Gasteiger partial charge < -0.3 is 29.6 Å². The first-order valence-electron chi connectivity index (χ1n) is 12.5. The lowest BCUT2D eigenvalue weighted by atomic mass is 9.89. The van der Waals surface area contributed by atoms with E-state index in [0.29, 0.717) is 31.0 Å². The van der Waals surface area contributed by atoms with Crippen LogP contribution in [0.5, 0.6) is 5.75 Å². The standard InChI is InChI=1S/C28H31N3O6/c1-36-22-9-5-3-7-19(22)14-20-16-37-23(30-20)15-29-27(34)25(32)26(33)28(35)31-13-12-17-6-2-4-8-21(17)24(31)18-10-11-18/h2-9,16,18,24-26,32-33H,10-15H2,1H3,(H,29,34)/t24?,25-,26-/m1/s1. The maximum Gasteiger partial charge on any atom is 0.255 e. The van der Waals surface area contributed by atoms with Crippen molar-refractivity contribution in [3.63, 3.8) is 0 Å². The number of aliphatic hydroxyl groups is 2. The average Bonchev–Trinajstić information content (AvgIpc) is 3.68. The summed E-state index contributed by atoms with van der Waals surface area (Å²) in [6.45, 7) is 0.345. The van der Waals surface area contributed by atoms with E-state index in [1.165, 1.54) is 11.8 Å². The van der Waals surface area contributed by atoms with E-state index < -0.39 is 24.0 Å². The zero-order chi connectivity index (χ0) is 25.9. The van der Waals surface area contributed by atoms with Gasteiger partial charge in [-0.2, -0.15) is 0 Å². The summed E-state index contributed by atoms with van der Waals surface area (Å²) in [4.78, 5) is 31.8. The van der Waals surface area contributed by atoms with Gasteiger partial charge in [0.25, 0.3) is 11.8 Å². The molecule has 9 nitrogen and oxygen atoms in total. The number of rotatable bonds is 9. The minimum absolute atomic E-state index is 0.0927. The smallest absolute Gasteiger partial charge is 0.255 e. The van der Waals surface area contributed by atoms with Gasteiger partial charge in [-0.25, -0.2) is 4.98 Å². The number of carbonyl (C=O) groups is 2. The molecule has 0 bridgehead atoms. The molecule has 3 aromatic rings. The van der Waals surface area contributed by atoms with Gasteiger partial charge in [-0.15, -0.1) is 0 Å². The minimum Gasteiger partial charge on any atom is -0.496 e. The number of ether oxygens (including phenoxy) is 1. The second kappa shape index (κ2) is 10.7. The van der Waals surface area contributed by atoms with E-state index in [2.05, 4.69) is 16.4 Å². The van der Waals surface area contributed by atoms with E-state index in [4.69, 9.17) is 9.15 Å². The minimum atomic E-state index is -1.91. The number of amides is 2. The Labute approximate surface area is 215 Å². The Morgan fingerprint density at radius 1 is 1.14 bits per heavy atom. The fourth-order valence-corrected chi connectivity index (χ4v) is 5.04. The number of nitrogens with one attached hydrogen (secondary N) is 1. The summed E-state index contributed by atoms with van der Waals surface area (Å²) >= 11 is 0. The number of nitrogens with zero attached hydrogens (tertiary/aromatic N) is 2. The lowest BCUT2D eigenvalue weighted by Gasteiger charge is -2.39. The van der Waals surface area contributed by atoms with Gasteiger partial charge in [-0.3, -0.25) is 9.59 Å². The van der Waals surface area contributed by atoms with Crippen LogP contribution in [0.2, 0.25) is 0 Å². The van der Waals surface area contributed by atoms with Crippen LogP contribution in [0.3, 0.4) is 0 Å². The van der Waals surface area contributed by atoms with Crippen LogP contribution in [0, 0.1) is 5.92 Å². The quantitative estimate of drug-likeness (QED) is 0.407. The maximum absolute atomic E-state index is 13.2. The molecule has 1 aromatic heterocycles. The number of carbonyl (C=O) groups excluding carboxylic acids is 2. The number of fused-ring (bicyclic) bond motifs is 1.